The van der Waals surface area contributed by atoms with Crippen molar-refractivity contribution in [3.8, 4) is 11.3 Å². The van der Waals surface area contributed by atoms with Gasteiger partial charge in [-0.05, 0) is 35.2 Å². The van der Waals surface area contributed by atoms with Crippen LogP contribution >= 0.6 is 11.3 Å². The van der Waals surface area contributed by atoms with Gasteiger partial charge in [-0.2, -0.15) is 24.5 Å². The monoisotopic (exact) mass is 362 g/mol. The molecule has 128 valence electrons. The number of thiophene rings is 1. The van der Waals surface area contributed by atoms with Crippen LogP contribution in [0.3, 0.4) is 0 Å². The van der Waals surface area contributed by atoms with E-state index in [-0.39, 0.29) is 6.54 Å². The van der Waals surface area contributed by atoms with Gasteiger partial charge in [0, 0.05) is 23.7 Å². The first-order chi connectivity index (χ1) is 12.0. The van der Waals surface area contributed by atoms with E-state index in [2.05, 4.69) is 10.3 Å². The van der Waals surface area contributed by atoms with Crippen LogP contribution in [0.2, 0.25) is 0 Å². The summed E-state index contributed by atoms with van der Waals surface area (Å²) >= 11 is 1.52. The highest BCUT2D eigenvalue weighted by Gasteiger charge is 2.34. The highest BCUT2D eigenvalue weighted by molar-refractivity contribution is 7.08. The average molecular weight is 362 g/mol. The van der Waals surface area contributed by atoms with E-state index in [1.807, 2.05) is 16.8 Å². The molecule has 0 atom stereocenters. The van der Waals surface area contributed by atoms with Crippen LogP contribution < -0.4 is 5.32 Å². The summed E-state index contributed by atoms with van der Waals surface area (Å²) in [4.78, 5) is 16.6. The van der Waals surface area contributed by atoms with E-state index < -0.39 is 23.2 Å². The van der Waals surface area contributed by atoms with Gasteiger partial charge in [0.05, 0.1) is 16.8 Å². The molecule has 0 saturated heterocycles. The van der Waals surface area contributed by atoms with Crippen LogP contribution in [0.25, 0.3) is 11.3 Å². The molecule has 7 heteroatoms. The van der Waals surface area contributed by atoms with Gasteiger partial charge in [-0.15, -0.1) is 0 Å². The van der Waals surface area contributed by atoms with Crippen LogP contribution in [0.1, 0.15) is 21.5 Å². The molecular formula is C18H13F3N2OS. The largest absolute Gasteiger partial charge is 0.417 e. The van der Waals surface area contributed by atoms with E-state index in [0.717, 1.165) is 17.2 Å². The number of alkyl halides is 3. The summed E-state index contributed by atoms with van der Waals surface area (Å²) < 4.78 is 39.1. The van der Waals surface area contributed by atoms with Crippen LogP contribution in [0.5, 0.6) is 0 Å². The number of halogens is 3. The van der Waals surface area contributed by atoms with Gasteiger partial charge in [0.2, 0.25) is 0 Å². The summed E-state index contributed by atoms with van der Waals surface area (Å²) in [6.45, 7) is 0.0873. The summed E-state index contributed by atoms with van der Waals surface area (Å²) in [5, 5.41) is 6.39. The topological polar surface area (TPSA) is 42.0 Å². The normalized spacial score (nSPS) is 11.3. The predicted octanol–water partition coefficient (Wildman–Crippen LogP) is 4.76. The maximum atomic E-state index is 13.0. The Morgan fingerprint density at radius 1 is 1.12 bits per heavy atom. The lowest BCUT2D eigenvalue weighted by Gasteiger charge is -2.13. The van der Waals surface area contributed by atoms with Crippen LogP contribution in [0, 0.1) is 0 Å². The average Bonchev–Trinajstić information content (AvgIpc) is 3.13. The van der Waals surface area contributed by atoms with E-state index >= 15 is 0 Å². The minimum absolute atomic E-state index is 0.0873. The first-order valence-electron chi connectivity index (χ1n) is 7.37. The first-order valence-corrected chi connectivity index (χ1v) is 8.32. The number of carbonyl (C=O) groups is 1. The smallest absolute Gasteiger partial charge is 0.348 e. The number of nitrogens with zero attached hydrogens (tertiary/aromatic N) is 1. The Labute approximate surface area is 146 Å². The molecule has 3 nitrogen and oxygen atoms in total. The number of hydrogen-bond acceptors (Lipinski definition) is 3. The second-order valence-electron chi connectivity index (χ2n) is 5.25. The fourth-order valence-electron chi connectivity index (χ4n) is 2.44. The van der Waals surface area contributed by atoms with Crippen molar-refractivity contribution in [2.75, 3.05) is 0 Å². The van der Waals surface area contributed by atoms with Crippen LogP contribution in [-0.4, -0.2) is 10.9 Å². The molecule has 0 aliphatic carbocycles. The number of rotatable bonds is 4. The maximum absolute atomic E-state index is 13.0. The molecule has 0 spiro atoms. The minimum atomic E-state index is -4.58. The van der Waals surface area contributed by atoms with Crippen molar-refractivity contribution >= 4 is 17.2 Å². The van der Waals surface area contributed by atoms with E-state index in [1.54, 1.807) is 18.3 Å². The Morgan fingerprint density at radius 2 is 1.92 bits per heavy atom. The molecule has 3 aromatic rings. The van der Waals surface area contributed by atoms with Gasteiger partial charge in [-0.3, -0.25) is 9.78 Å². The molecule has 1 N–H and O–H groups in total. The molecule has 2 aromatic heterocycles. The summed E-state index contributed by atoms with van der Waals surface area (Å²) in [6, 6.07) is 10.1. The Hall–Kier alpha value is -2.67. The number of nitrogens with one attached hydrogen (secondary N) is 1. The molecule has 0 radical (unpaired) electrons. The Kier molecular flexibility index (Phi) is 4.85. The predicted molar refractivity (Wildman–Crippen MR) is 90.2 cm³/mol. The first kappa shape index (κ1) is 17.2. The van der Waals surface area contributed by atoms with E-state index in [4.69, 9.17) is 0 Å². The fourth-order valence-corrected chi connectivity index (χ4v) is 3.08. The zero-order chi connectivity index (χ0) is 17.9. The van der Waals surface area contributed by atoms with Crippen LogP contribution in [0.15, 0.2) is 59.4 Å². The molecule has 1 amide bonds. The van der Waals surface area contributed by atoms with Gasteiger partial charge in [0.1, 0.15) is 0 Å². The standard InChI is InChI=1S/C18H13F3N2OS/c19-18(20,21)15-6-2-1-5-14(15)17(24)23-10-12-4-3-8-22-16(12)13-7-9-25-11-13/h1-9,11H,10H2,(H,23,24). The lowest BCUT2D eigenvalue weighted by Crippen LogP contribution is -2.26. The third-order valence-electron chi connectivity index (χ3n) is 3.60. The maximum Gasteiger partial charge on any atom is 0.417 e. The highest BCUT2D eigenvalue weighted by Crippen LogP contribution is 2.32. The number of benzene rings is 1. The quantitative estimate of drug-likeness (QED) is 0.727. The number of pyridine rings is 1. The van der Waals surface area contributed by atoms with Gasteiger partial charge in [-0.25, -0.2) is 0 Å². The van der Waals surface area contributed by atoms with Gasteiger partial charge < -0.3 is 5.32 Å². The summed E-state index contributed by atoms with van der Waals surface area (Å²) in [7, 11) is 0. The number of carbonyl (C=O) groups excluding carboxylic acids is 1. The van der Waals surface area contributed by atoms with Gasteiger partial charge in [-0.1, -0.05) is 18.2 Å². The van der Waals surface area contributed by atoms with E-state index in [1.165, 1.54) is 29.5 Å². The Bertz CT molecular complexity index is 876. The molecule has 1 aromatic carbocycles. The van der Waals surface area contributed by atoms with Crippen LogP contribution in [-0.2, 0) is 12.7 Å². The van der Waals surface area contributed by atoms with Gasteiger partial charge in [0.25, 0.3) is 5.91 Å². The molecule has 0 aliphatic heterocycles. The molecule has 0 saturated carbocycles. The zero-order valence-corrected chi connectivity index (χ0v) is 13.7. The highest BCUT2D eigenvalue weighted by atomic mass is 32.1. The second kappa shape index (κ2) is 7.06. The number of hydrogen-bond donors (Lipinski definition) is 1. The summed E-state index contributed by atoms with van der Waals surface area (Å²) in [6.07, 6.45) is -2.94. The Balaban J connectivity index is 1.81. The molecular weight excluding hydrogens is 349 g/mol. The van der Waals surface area contributed by atoms with Crippen molar-refractivity contribution in [1.29, 1.82) is 0 Å². The van der Waals surface area contributed by atoms with Crippen molar-refractivity contribution < 1.29 is 18.0 Å². The minimum Gasteiger partial charge on any atom is -0.348 e. The van der Waals surface area contributed by atoms with Gasteiger partial charge >= 0.3 is 6.18 Å². The lowest BCUT2D eigenvalue weighted by atomic mass is 10.1. The molecule has 0 unspecified atom stereocenters. The van der Waals surface area contributed by atoms with Gasteiger partial charge in [0.15, 0.2) is 0 Å². The van der Waals surface area contributed by atoms with Crippen LogP contribution in [0.4, 0.5) is 13.2 Å². The SMILES string of the molecule is O=C(NCc1cccnc1-c1ccsc1)c1ccccc1C(F)(F)F. The third-order valence-corrected chi connectivity index (χ3v) is 4.29. The van der Waals surface area contributed by atoms with E-state index in [0.29, 0.717) is 5.69 Å². The molecule has 0 fully saturated rings. The molecule has 2 heterocycles. The molecule has 3 rings (SSSR count). The summed E-state index contributed by atoms with van der Waals surface area (Å²) in [5.74, 6) is -0.770. The van der Waals surface area contributed by atoms with Crippen molar-refractivity contribution in [2.24, 2.45) is 0 Å². The molecule has 25 heavy (non-hydrogen) atoms. The van der Waals surface area contributed by atoms with Crippen molar-refractivity contribution in [3.05, 3.63) is 76.1 Å². The summed E-state index contributed by atoms with van der Waals surface area (Å²) in [5.41, 5.74) is 1.00. The Morgan fingerprint density at radius 3 is 2.64 bits per heavy atom. The number of aromatic nitrogens is 1. The lowest BCUT2D eigenvalue weighted by molar-refractivity contribution is -0.137. The van der Waals surface area contributed by atoms with Crippen molar-refractivity contribution in [1.82, 2.24) is 10.3 Å². The fraction of sp³-hybridized carbons (Fsp3) is 0.111. The third kappa shape index (κ3) is 3.88. The van der Waals surface area contributed by atoms with E-state index in [9.17, 15) is 18.0 Å². The second-order valence-corrected chi connectivity index (χ2v) is 6.03. The number of amides is 1. The molecule has 0 aliphatic rings. The molecule has 0 bridgehead atoms. The van der Waals surface area contributed by atoms with Crippen molar-refractivity contribution in [3.63, 3.8) is 0 Å². The van der Waals surface area contributed by atoms with Crippen molar-refractivity contribution in [2.45, 2.75) is 12.7 Å². The zero-order valence-electron chi connectivity index (χ0n) is 12.9.